The molecule has 0 aliphatic carbocycles. The van der Waals surface area contributed by atoms with E-state index in [2.05, 4.69) is 16.4 Å². The largest absolute Gasteiger partial charge is 0.487 e. The van der Waals surface area contributed by atoms with Crippen LogP contribution in [0.2, 0.25) is 0 Å². The van der Waals surface area contributed by atoms with Gasteiger partial charge in [-0.05, 0) is 49.4 Å². The van der Waals surface area contributed by atoms with Crippen LogP contribution in [0.25, 0.3) is 0 Å². The quantitative estimate of drug-likeness (QED) is 0.574. The predicted molar refractivity (Wildman–Crippen MR) is 120 cm³/mol. The average Bonchev–Trinajstić information content (AvgIpc) is 2.83. The van der Waals surface area contributed by atoms with Crippen LogP contribution >= 0.6 is 0 Å². The highest BCUT2D eigenvalue weighted by Gasteiger charge is 2.24. The molecule has 0 atom stereocenters. The molecule has 3 aromatic rings. The van der Waals surface area contributed by atoms with Gasteiger partial charge in [0.15, 0.2) is 11.6 Å². The van der Waals surface area contributed by atoms with Crippen molar-refractivity contribution in [3.05, 3.63) is 82.9 Å². The minimum atomic E-state index is -0.746. The number of carbonyl (C=O) groups excluding carboxylic acids is 1. The van der Waals surface area contributed by atoms with Crippen molar-refractivity contribution in [1.82, 2.24) is 4.98 Å². The first-order valence-corrected chi connectivity index (χ1v) is 10.7. The van der Waals surface area contributed by atoms with E-state index in [1.165, 1.54) is 25.1 Å². The molecule has 0 bridgehead atoms. The molecule has 1 fully saturated rings. The van der Waals surface area contributed by atoms with Crippen LogP contribution in [0, 0.1) is 35.7 Å². The molecule has 2 heterocycles. The maximum Gasteiger partial charge on any atom is 0.274 e. The number of nitrogens with zero attached hydrogens (tertiary/aromatic N) is 3. The van der Waals surface area contributed by atoms with Gasteiger partial charge >= 0.3 is 0 Å². The first-order valence-electron chi connectivity index (χ1n) is 10.7. The van der Waals surface area contributed by atoms with Crippen molar-refractivity contribution in [3.63, 3.8) is 0 Å². The number of pyridine rings is 1. The fraction of sp³-hybridized carbons (Fsp3) is 0.240. The maximum absolute atomic E-state index is 13.9. The third-order valence-corrected chi connectivity index (χ3v) is 5.60. The van der Waals surface area contributed by atoms with Gasteiger partial charge in [0.1, 0.15) is 23.4 Å². The summed E-state index contributed by atoms with van der Waals surface area (Å²) in [6.07, 6.45) is 0.894. The Morgan fingerprint density at radius 2 is 1.85 bits per heavy atom. The van der Waals surface area contributed by atoms with E-state index in [0.29, 0.717) is 42.9 Å². The summed E-state index contributed by atoms with van der Waals surface area (Å²) in [5.74, 6) is -2.43. The number of halogens is 3. The second-order valence-corrected chi connectivity index (χ2v) is 7.94. The van der Waals surface area contributed by atoms with Crippen molar-refractivity contribution in [2.75, 3.05) is 23.3 Å². The number of hydrogen-bond donors (Lipinski definition) is 1. The molecule has 0 radical (unpaired) electrons. The Morgan fingerprint density at radius 1 is 1.09 bits per heavy atom. The fourth-order valence-electron chi connectivity index (χ4n) is 3.80. The van der Waals surface area contributed by atoms with Crippen LogP contribution in [0.1, 0.15) is 34.6 Å². The smallest absolute Gasteiger partial charge is 0.274 e. The Bertz CT molecular complexity index is 1270. The molecular formula is C25H21F3N4O2. The van der Waals surface area contributed by atoms with Gasteiger partial charge in [-0.2, -0.15) is 5.26 Å². The van der Waals surface area contributed by atoms with Crippen molar-refractivity contribution < 1.29 is 22.7 Å². The zero-order chi connectivity index (χ0) is 24.2. The van der Waals surface area contributed by atoms with Crippen molar-refractivity contribution in [1.29, 1.82) is 5.26 Å². The summed E-state index contributed by atoms with van der Waals surface area (Å²) in [5.41, 5.74) is 1.67. The number of amides is 1. The Balaban J connectivity index is 1.48. The van der Waals surface area contributed by atoms with Crippen LogP contribution in [0.5, 0.6) is 5.75 Å². The third-order valence-electron chi connectivity index (χ3n) is 5.60. The summed E-state index contributed by atoms with van der Waals surface area (Å²) < 4.78 is 46.3. The van der Waals surface area contributed by atoms with E-state index in [-0.39, 0.29) is 23.2 Å². The molecule has 4 rings (SSSR count). The standard InChI is InChI=1S/C25H21F3N4O2/c1-15-19(27)4-5-21(30-15)25(33)31-22-12-16(14-29)2-6-23(22)32-10-8-18(9-11-32)34-24-7-3-17(26)13-20(24)28/h2-7,12-13,18H,8-11H2,1H3,(H,31,33). The van der Waals surface area contributed by atoms with Gasteiger partial charge in [0.2, 0.25) is 0 Å². The molecular weight excluding hydrogens is 445 g/mol. The van der Waals surface area contributed by atoms with Gasteiger partial charge in [-0.15, -0.1) is 0 Å². The molecule has 0 spiro atoms. The van der Waals surface area contributed by atoms with Crippen LogP contribution < -0.4 is 15.0 Å². The lowest BCUT2D eigenvalue weighted by Crippen LogP contribution is -2.38. The lowest BCUT2D eigenvalue weighted by molar-refractivity contribution is 0.102. The number of nitriles is 1. The normalized spacial score (nSPS) is 13.9. The Hall–Kier alpha value is -4.06. The molecule has 0 saturated carbocycles. The molecule has 1 amide bonds. The van der Waals surface area contributed by atoms with Crippen LogP contribution in [-0.2, 0) is 0 Å². The molecule has 1 aliphatic rings. The average molecular weight is 466 g/mol. The number of piperidine rings is 1. The van der Waals surface area contributed by atoms with Crippen molar-refractivity contribution in [2.24, 2.45) is 0 Å². The van der Waals surface area contributed by atoms with E-state index in [9.17, 15) is 23.2 Å². The predicted octanol–water partition coefficient (Wildman–Crippen LogP) is 4.98. The van der Waals surface area contributed by atoms with E-state index in [0.717, 1.165) is 12.1 Å². The fourth-order valence-corrected chi connectivity index (χ4v) is 3.80. The summed E-state index contributed by atoms with van der Waals surface area (Å²) in [7, 11) is 0. The molecule has 2 aromatic carbocycles. The number of ether oxygens (including phenoxy) is 1. The number of hydrogen-bond acceptors (Lipinski definition) is 5. The van der Waals surface area contributed by atoms with Gasteiger partial charge in [0.05, 0.1) is 28.7 Å². The summed E-state index contributed by atoms with van der Waals surface area (Å²) in [5, 5.41) is 12.1. The first kappa shape index (κ1) is 23.1. The van der Waals surface area contributed by atoms with Gasteiger partial charge in [-0.1, -0.05) is 0 Å². The van der Waals surface area contributed by atoms with E-state index in [1.807, 2.05) is 4.90 Å². The molecule has 1 saturated heterocycles. The Labute approximate surface area is 194 Å². The van der Waals surface area contributed by atoms with E-state index in [1.54, 1.807) is 18.2 Å². The SMILES string of the molecule is Cc1nc(C(=O)Nc2cc(C#N)ccc2N2CCC(Oc3ccc(F)cc3F)CC2)ccc1F. The van der Waals surface area contributed by atoms with Gasteiger partial charge in [0.25, 0.3) is 5.91 Å². The van der Waals surface area contributed by atoms with Crippen molar-refractivity contribution in [3.8, 4) is 11.8 Å². The van der Waals surface area contributed by atoms with Crippen LogP contribution in [-0.4, -0.2) is 30.1 Å². The second kappa shape index (κ2) is 9.83. The molecule has 1 aromatic heterocycles. The maximum atomic E-state index is 13.9. The molecule has 9 heteroatoms. The van der Waals surface area contributed by atoms with Crippen molar-refractivity contribution >= 4 is 17.3 Å². The highest BCUT2D eigenvalue weighted by molar-refractivity contribution is 6.04. The zero-order valence-electron chi connectivity index (χ0n) is 18.3. The Kier molecular flexibility index (Phi) is 6.68. The third kappa shape index (κ3) is 5.12. The number of aromatic nitrogens is 1. The van der Waals surface area contributed by atoms with Gasteiger partial charge in [-0.25, -0.2) is 18.2 Å². The molecule has 34 heavy (non-hydrogen) atoms. The van der Waals surface area contributed by atoms with Gasteiger partial charge in [0, 0.05) is 32.0 Å². The number of aryl methyl sites for hydroxylation is 1. The molecule has 174 valence electrons. The Morgan fingerprint density at radius 3 is 2.53 bits per heavy atom. The monoisotopic (exact) mass is 466 g/mol. The first-order chi connectivity index (χ1) is 16.3. The number of nitrogens with one attached hydrogen (secondary N) is 1. The number of benzene rings is 2. The van der Waals surface area contributed by atoms with Gasteiger partial charge in [-0.3, -0.25) is 4.79 Å². The molecule has 1 aliphatic heterocycles. The second-order valence-electron chi connectivity index (χ2n) is 7.94. The highest BCUT2D eigenvalue weighted by Crippen LogP contribution is 2.31. The summed E-state index contributed by atoms with van der Waals surface area (Å²) >= 11 is 0. The minimum absolute atomic E-state index is 0.00765. The highest BCUT2D eigenvalue weighted by atomic mass is 19.1. The lowest BCUT2D eigenvalue weighted by atomic mass is 10.1. The molecule has 6 nitrogen and oxygen atoms in total. The van der Waals surface area contributed by atoms with Crippen LogP contribution in [0.15, 0.2) is 48.5 Å². The van der Waals surface area contributed by atoms with E-state index in [4.69, 9.17) is 4.74 Å². The summed E-state index contributed by atoms with van der Waals surface area (Å²) in [4.78, 5) is 18.8. The van der Waals surface area contributed by atoms with E-state index >= 15 is 0 Å². The number of anilines is 2. The molecule has 1 N–H and O–H groups in total. The van der Waals surface area contributed by atoms with Crippen molar-refractivity contribution in [2.45, 2.75) is 25.9 Å². The van der Waals surface area contributed by atoms with Crippen LogP contribution in [0.4, 0.5) is 24.5 Å². The topological polar surface area (TPSA) is 78.2 Å². The lowest BCUT2D eigenvalue weighted by Gasteiger charge is -2.34. The minimum Gasteiger partial charge on any atom is -0.487 e. The summed E-state index contributed by atoms with van der Waals surface area (Å²) in [6.45, 7) is 2.57. The number of carbonyl (C=O) groups is 1. The molecule has 0 unspecified atom stereocenters. The number of rotatable bonds is 5. The zero-order valence-corrected chi connectivity index (χ0v) is 18.3. The van der Waals surface area contributed by atoms with Crippen LogP contribution in [0.3, 0.4) is 0 Å². The van der Waals surface area contributed by atoms with Gasteiger partial charge < -0.3 is 15.0 Å². The van der Waals surface area contributed by atoms with E-state index < -0.39 is 23.4 Å². The summed E-state index contributed by atoms with van der Waals surface area (Å²) in [6, 6.07) is 12.7.